The van der Waals surface area contributed by atoms with Gasteiger partial charge in [-0.15, -0.1) is 0 Å². The number of benzene rings is 1. The number of H-pyrrole nitrogens is 1. The Morgan fingerprint density at radius 1 is 1.35 bits per heavy atom. The number of aromatic amines is 1. The molecule has 0 fully saturated rings. The Balaban J connectivity index is 1.89. The summed E-state index contributed by atoms with van der Waals surface area (Å²) in [6.45, 7) is 3.45. The van der Waals surface area contributed by atoms with Crippen molar-refractivity contribution < 1.29 is 9.53 Å². The topological polar surface area (TPSA) is 89.9 Å². The molecular weight excluding hydrogens is 296 g/mol. The first-order valence-electron chi connectivity index (χ1n) is 7.16. The summed E-state index contributed by atoms with van der Waals surface area (Å²) >= 11 is 0. The predicted molar refractivity (Wildman–Crippen MR) is 84.1 cm³/mol. The van der Waals surface area contributed by atoms with Crippen molar-refractivity contribution in [2.45, 2.75) is 20.0 Å². The van der Waals surface area contributed by atoms with Crippen LogP contribution in [-0.2, 0) is 11.8 Å². The lowest BCUT2D eigenvalue weighted by molar-refractivity contribution is 0.0319. The van der Waals surface area contributed by atoms with Crippen molar-refractivity contribution in [1.82, 2.24) is 19.7 Å². The van der Waals surface area contributed by atoms with E-state index in [4.69, 9.17) is 4.74 Å². The highest BCUT2D eigenvalue weighted by atomic mass is 16.5. The molecule has 0 aliphatic rings. The molecule has 0 radical (unpaired) electrons. The number of para-hydroxylation sites is 1. The van der Waals surface area contributed by atoms with Gasteiger partial charge in [0.25, 0.3) is 5.56 Å². The summed E-state index contributed by atoms with van der Waals surface area (Å²) in [4.78, 5) is 31.3. The maximum atomic E-state index is 12.2. The van der Waals surface area contributed by atoms with Gasteiger partial charge >= 0.3 is 5.97 Å². The molecule has 0 aliphatic heterocycles. The van der Waals surface area contributed by atoms with Crippen LogP contribution in [0.25, 0.3) is 10.9 Å². The molecule has 118 valence electrons. The second-order valence-electron chi connectivity index (χ2n) is 5.28. The van der Waals surface area contributed by atoms with Gasteiger partial charge in [-0.2, -0.15) is 5.10 Å². The van der Waals surface area contributed by atoms with Crippen LogP contribution in [0.15, 0.2) is 35.3 Å². The van der Waals surface area contributed by atoms with Crippen LogP contribution >= 0.6 is 0 Å². The minimum Gasteiger partial charge on any atom is -0.451 e. The van der Waals surface area contributed by atoms with Gasteiger partial charge < -0.3 is 9.72 Å². The zero-order valence-electron chi connectivity index (χ0n) is 13.0. The Labute approximate surface area is 131 Å². The molecule has 2 heterocycles. The van der Waals surface area contributed by atoms with Crippen LogP contribution in [0.1, 0.15) is 34.9 Å². The molecule has 2 aromatic heterocycles. The lowest BCUT2D eigenvalue weighted by Gasteiger charge is -2.12. The van der Waals surface area contributed by atoms with Gasteiger partial charge in [0.15, 0.2) is 11.9 Å². The second-order valence-corrected chi connectivity index (χ2v) is 5.28. The third-order valence-electron chi connectivity index (χ3n) is 3.76. The standard InChI is InChI=1S/C16H16N4O3/c1-9-12(8-17-20(9)3)16(22)23-10(2)14-18-13-7-5-4-6-11(13)15(21)19-14/h4-8,10H,1-3H3,(H,18,19,21)/t10-/m1/s1. The molecule has 1 aromatic carbocycles. The molecule has 0 saturated heterocycles. The van der Waals surface area contributed by atoms with Gasteiger partial charge in [0.1, 0.15) is 5.56 Å². The maximum Gasteiger partial charge on any atom is 0.342 e. The first-order valence-corrected chi connectivity index (χ1v) is 7.16. The molecule has 1 atom stereocenters. The highest BCUT2D eigenvalue weighted by Gasteiger charge is 2.20. The lowest BCUT2D eigenvalue weighted by Crippen LogP contribution is -2.17. The highest BCUT2D eigenvalue weighted by Crippen LogP contribution is 2.17. The van der Waals surface area contributed by atoms with E-state index in [0.29, 0.717) is 28.0 Å². The van der Waals surface area contributed by atoms with Crippen molar-refractivity contribution in [3.63, 3.8) is 0 Å². The summed E-state index contributed by atoms with van der Waals surface area (Å²) in [5.74, 6) is -0.192. The van der Waals surface area contributed by atoms with Crippen molar-refractivity contribution >= 4 is 16.9 Å². The molecule has 3 rings (SSSR count). The van der Waals surface area contributed by atoms with E-state index in [2.05, 4.69) is 15.1 Å². The van der Waals surface area contributed by atoms with Crippen molar-refractivity contribution in [3.8, 4) is 0 Å². The van der Waals surface area contributed by atoms with Crippen LogP contribution < -0.4 is 5.56 Å². The third-order valence-corrected chi connectivity index (χ3v) is 3.76. The Morgan fingerprint density at radius 2 is 2.09 bits per heavy atom. The monoisotopic (exact) mass is 312 g/mol. The quantitative estimate of drug-likeness (QED) is 0.746. The minimum atomic E-state index is -0.681. The Kier molecular flexibility index (Phi) is 3.69. The molecule has 0 bridgehead atoms. The average Bonchev–Trinajstić information content (AvgIpc) is 2.87. The number of carbonyl (C=O) groups is 1. The molecule has 1 N–H and O–H groups in total. The van der Waals surface area contributed by atoms with Gasteiger partial charge in [-0.05, 0) is 26.0 Å². The second kappa shape index (κ2) is 5.68. The molecule has 7 heteroatoms. The van der Waals surface area contributed by atoms with E-state index in [-0.39, 0.29) is 5.56 Å². The van der Waals surface area contributed by atoms with E-state index in [9.17, 15) is 9.59 Å². The Bertz CT molecular complexity index is 942. The first-order chi connectivity index (χ1) is 11.0. The third kappa shape index (κ3) is 2.73. The number of carbonyl (C=O) groups excluding carboxylic acids is 1. The summed E-state index contributed by atoms with van der Waals surface area (Å²) in [5.41, 5.74) is 1.41. The number of rotatable bonds is 3. The van der Waals surface area contributed by atoms with Gasteiger partial charge in [-0.3, -0.25) is 9.48 Å². The van der Waals surface area contributed by atoms with Crippen LogP contribution in [0.4, 0.5) is 0 Å². The van der Waals surface area contributed by atoms with Crippen LogP contribution in [-0.4, -0.2) is 25.7 Å². The number of nitrogens with one attached hydrogen (secondary N) is 1. The fourth-order valence-electron chi connectivity index (χ4n) is 2.28. The molecule has 23 heavy (non-hydrogen) atoms. The normalized spacial score (nSPS) is 12.3. The van der Waals surface area contributed by atoms with Crippen molar-refractivity contribution in [2.75, 3.05) is 0 Å². The number of fused-ring (bicyclic) bond motifs is 1. The number of hydrogen-bond acceptors (Lipinski definition) is 5. The van der Waals surface area contributed by atoms with E-state index in [1.807, 2.05) is 0 Å². The van der Waals surface area contributed by atoms with E-state index >= 15 is 0 Å². The Hall–Kier alpha value is -2.96. The number of esters is 1. The van der Waals surface area contributed by atoms with Crippen molar-refractivity contribution in [3.05, 3.63) is 57.9 Å². The molecule has 0 spiro atoms. The smallest absolute Gasteiger partial charge is 0.342 e. The van der Waals surface area contributed by atoms with Gasteiger partial charge in [0.2, 0.25) is 0 Å². The van der Waals surface area contributed by atoms with Crippen molar-refractivity contribution in [2.24, 2.45) is 7.05 Å². The highest BCUT2D eigenvalue weighted by molar-refractivity contribution is 5.90. The zero-order chi connectivity index (χ0) is 16.6. The fraction of sp³-hybridized carbons (Fsp3) is 0.250. The van der Waals surface area contributed by atoms with Crippen LogP contribution in [0, 0.1) is 6.92 Å². The van der Waals surface area contributed by atoms with Gasteiger partial charge in [-0.1, -0.05) is 12.1 Å². The molecular formula is C16H16N4O3. The number of nitrogens with zero attached hydrogens (tertiary/aromatic N) is 3. The lowest BCUT2D eigenvalue weighted by atomic mass is 10.2. The summed E-state index contributed by atoms with van der Waals surface area (Å²) in [5, 5.41) is 4.51. The number of hydrogen-bond donors (Lipinski definition) is 1. The van der Waals surface area contributed by atoms with E-state index < -0.39 is 12.1 Å². The molecule has 0 amide bonds. The van der Waals surface area contributed by atoms with Crippen LogP contribution in [0.5, 0.6) is 0 Å². The minimum absolute atomic E-state index is 0.258. The average molecular weight is 312 g/mol. The summed E-state index contributed by atoms with van der Waals surface area (Å²) in [6.07, 6.45) is 0.778. The molecule has 7 nitrogen and oxygen atoms in total. The first kappa shape index (κ1) is 15.0. The number of ether oxygens (including phenoxy) is 1. The SMILES string of the molecule is Cc1c(C(=O)O[C@H](C)c2nc3ccccc3c(=O)[nH]2)cnn1C. The van der Waals surface area contributed by atoms with E-state index in [1.54, 1.807) is 49.8 Å². The largest absolute Gasteiger partial charge is 0.451 e. The molecule has 0 saturated carbocycles. The summed E-state index contributed by atoms with van der Waals surface area (Å²) in [7, 11) is 1.75. The van der Waals surface area contributed by atoms with E-state index in [0.717, 1.165) is 0 Å². The number of aryl methyl sites for hydroxylation is 1. The van der Waals surface area contributed by atoms with Crippen LogP contribution in [0.2, 0.25) is 0 Å². The molecule has 0 aliphatic carbocycles. The van der Waals surface area contributed by atoms with Gasteiger partial charge in [0, 0.05) is 12.7 Å². The maximum absolute atomic E-state index is 12.2. The zero-order valence-corrected chi connectivity index (χ0v) is 13.0. The van der Waals surface area contributed by atoms with Crippen molar-refractivity contribution in [1.29, 1.82) is 0 Å². The molecule has 0 unspecified atom stereocenters. The van der Waals surface area contributed by atoms with E-state index in [1.165, 1.54) is 6.20 Å². The fourth-order valence-corrected chi connectivity index (χ4v) is 2.28. The predicted octanol–water partition coefficient (Wildman–Crippen LogP) is 1.88. The summed E-state index contributed by atoms with van der Waals surface area (Å²) < 4.78 is 6.99. The van der Waals surface area contributed by atoms with Crippen LogP contribution in [0.3, 0.4) is 0 Å². The Morgan fingerprint density at radius 3 is 2.78 bits per heavy atom. The summed E-state index contributed by atoms with van der Waals surface area (Å²) in [6, 6.07) is 7.01. The molecule has 3 aromatic rings. The van der Waals surface area contributed by atoms with Gasteiger partial charge in [0.05, 0.1) is 17.1 Å². The van der Waals surface area contributed by atoms with Gasteiger partial charge in [-0.25, -0.2) is 9.78 Å². The number of aromatic nitrogens is 4.